The molecule has 0 aliphatic heterocycles. The van der Waals surface area contributed by atoms with Crippen molar-refractivity contribution in [1.29, 1.82) is 0 Å². The third-order valence-electron chi connectivity index (χ3n) is 2.45. The van der Waals surface area contributed by atoms with Crippen molar-refractivity contribution in [1.82, 2.24) is 0 Å². The number of rotatable bonds is 4. The maximum Gasteiger partial charge on any atom is 0.139 e. The summed E-state index contributed by atoms with van der Waals surface area (Å²) in [4.78, 5) is 2.65. The van der Waals surface area contributed by atoms with Crippen LogP contribution in [0.2, 0.25) is 0 Å². The zero-order valence-electron chi connectivity index (χ0n) is 9.47. The van der Waals surface area contributed by atoms with Gasteiger partial charge in [-0.3, -0.25) is 0 Å². The maximum absolute atomic E-state index is 13.3. The van der Waals surface area contributed by atoms with Crippen LogP contribution in [0, 0.1) is 5.82 Å². The molecule has 1 N–H and O–H groups in total. The number of hydrogen-bond acceptors (Lipinski definition) is 2. The van der Waals surface area contributed by atoms with E-state index in [0.29, 0.717) is 4.47 Å². The fraction of sp³-hybridized carbons (Fsp3) is 0.231. The average molecular weight is 314 g/mol. The molecule has 0 saturated carbocycles. The molecule has 0 radical (unpaired) electrons. The molecule has 2 aromatic rings. The monoisotopic (exact) mass is 313 g/mol. The van der Waals surface area contributed by atoms with Crippen LogP contribution < -0.4 is 5.32 Å². The van der Waals surface area contributed by atoms with Crippen LogP contribution in [0.15, 0.2) is 34.8 Å². The van der Waals surface area contributed by atoms with Gasteiger partial charge in [0.15, 0.2) is 0 Å². The summed E-state index contributed by atoms with van der Waals surface area (Å²) >= 11 is 4.93. The van der Waals surface area contributed by atoms with Crippen LogP contribution in [0.5, 0.6) is 0 Å². The summed E-state index contributed by atoms with van der Waals surface area (Å²) < 4.78 is 13.8. The molecule has 4 heteroatoms. The summed E-state index contributed by atoms with van der Waals surface area (Å²) in [5, 5.41) is 3.22. The number of nitrogens with one attached hydrogen (secondary N) is 1. The second-order valence-corrected chi connectivity index (χ2v) is 5.81. The Hall–Kier alpha value is -0.870. The van der Waals surface area contributed by atoms with Gasteiger partial charge in [0.2, 0.25) is 0 Å². The largest absolute Gasteiger partial charge is 0.380 e. The van der Waals surface area contributed by atoms with Crippen LogP contribution in [0.3, 0.4) is 0 Å². The molecule has 0 bridgehead atoms. The highest BCUT2D eigenvalue weighted by atomic mass is 79.9. The normalized spacial score (nSPS) is 10.5. The predicted octanol–water partition coefficient (Wildman–Crippen LogP) is 4.82. The molecule has 0 aliphatic rings. The standard InChI is InChI=1S/C13H13BrFNS/c1-2-10-4-5-11(17-10)8-16-9-3-6-12(14)13(15)7-9/h3-7,16H,2,8H2,1H3. The van der Waals surface area contributed by atoms with Gasteiger partial charge in [-0.05, 0) is 52.7 Å². The topological polar surface area (TPSA) is 12.0 Å². The molecule has 0 atom stereocenters. The molecule has 0 spiro atoms. The Balaban J connectivity index is 1.99. The Morgan fingerprint density at radius 2 is 2.00 bits per heavy atom. The van der Waals surface area contributed by atoms with Gasteiger partial charge in [0.25, 0.3) is 0 Å². The van der Waals surface area contributed by atoms with Crippen LogP contribution in [0.1, 0.15) is 16.7 Å². The summed E-state index contributed by atoms with van der Waals surface area (Å²) in [5.74, 6) is -0.240. The van der Waals surface area contributed by atoms with Gasteiger partial charge >= 0.3 is 0 Å². The molecule has 90 valence electrons. The quantitative estimate of drug-likeness (QED) is 0.853. The van der Waals surface area contributed by atoms with Crippen LogP contribution in [-0.2, 0) is 13.0 Å². The molecule has 1 aromatic carbocycles. The summed E-state index contributed by atoms with van der Waals surface area (Å²) in [6.45, 7) is 2.89. The fourth-order valence-corrected chi connectivity index (χ4v) is 2.65. The number of thiophene rings is 1. The number of hydrogen-bond donors (Lipinski definition) is 1. The second-order valence-electron chi connectivity index (χ2n) is 3.70. The molecular formula is C13H13BrFNS. The van der Waals surface area contributed by atoms with Crippen molar-refractivity contribution in [3.05, 3.63) is 50.4 Å². The zero-order chi connectivity index (χ0) is 12.3. The van der Waals surface area contributed by atoms with Gasteiger partial charge < -0.3 is 5.32 Å². The van der Waals surface area contributed by atoms with Crippen molar-refractivity contribution in [3.63, 3.8) is 0 Å². The van der Waals surface area contributed by atoms with Crippen LogP contribution >= 0.6 is 27.3 Å². The van der Waals surface area contributed by atoms with Gasteiger partial charge in [0.1, 0.15) is 5.82 Å². The molecule has 1 heterocycles. The molecule has 0 fully saturated rings. The lowest BCUT2D eigenvalue weighted by atomic mass is 10.3. The van der Waals surface area contributed by atoms with Crippen molar-refractivity contribution in [2.24, 2.45) is 0 Å². The molecule has 0 unspecified atom stereocenters. The van der Waals surface area contributed by atoms with E-state index in [9.17, 15) is 4.39 Å². The third-order valence-corrected chi connectivity index (χ3v) is 4.32. The lowest BCUT2D eigenvalue weighted by Crippen LogP contribution is -1.97. The highest BCUT2D eigenvalue weighted by Gasteiger charge is 2.02. The highest BCUT2D eigenvalue weighted by Crippen LogP contribution is 2.21. The van der Waals surface area contributed by atoms with Crippen molar-refractivity contribution in [3.8, 4) is 0 Å². The fourth-order valence-electron chi connectivity index (χ4n) is 1.50. The second kappa shape index (κ2) is 5.65. The zero-order valence-corrected chi connectivity index (χ0v) is 11.9. The molecule has 0 aliphatic carbocycles. The molecule has 0 amide bonds. The number of aryl methyl sites for hydroxylation is 1. The van der Waals surface area contributed by atoms with E-state index in [4.69, 9.17) is 0 Å². The molecule has 2 rings (SSSR count). The van der Waals surface area contributed by atoms with E-state index in [0.717, 1.165) is 18.7 Å². The van der Waals surface area contributed by atoms with Crippen molar-refractivity contribution >= 4 is 33.0 Å². The molecule has 0 saturated heterocycles. The lowest BCUT2D eigenvalue weighted by molar-refractivity contribution is 0.621. The summed E-state index contributed by atoms with van der Waals surface area (Å²) in [7, 11) is 0. The van der Waals surface area contributed by atoms with Gasteiger partial charge in [-0.25, -0.2) is 4.39 Å². The Morgan fingerprint density at radius 3 is 2.65 bits per heavy atom. The van der Waals surface area contributed by atoms with Gasteiger partial charge in [0.05, 0.1) is 4.47 Å². The molecule has 17 heavy (non-hydrogen) atoms. The minimum absolute atomic E-state index is 0.240. The van der Waals surface area contributed by atoms with E-state index < -0.39 is 0 Å². The molecule has 1 aromatic heterocycles. The number of halogens is 2. The minimum Gasteiger partial charge on any atom is -0.380 e. The van der Waals surface area contributed by atoms with Gasteiger partial charge in [-0.1, -0.05) is 6.92 Å². The minimum atomic E-state index is -0.240. The van der Waals surface area contributed by atoms with Crippen LogP contribution in [-0.4, -0.2) is 0 Å². The average Bonchev–Trinajstić information content (AvgIpc) is 2.79. The number of benzene rings is 1. The first-order chi connectivity index (χ1) is 8.19. The third kappa shape index (κ3) is 3.30. The van der Waals surface area contributed by atoms with Crippen molar-refractivity contribution in [2.45, 2.75) is 19.9 Å². The van der Waals surface area contributed by atoms with E-state index in [1.54, 1.807) is 17.4 Å². The summed E-state index contributed by atoms with van der Waals surface area (Å²) in [6, 6.07) is 9.33. The Bertz CT molecular complexity index is 510. The van der Waals surface area contributed by atoms with Gasteiger partial charge in [0, 0.05) is 22.0 Å². The first kappa shape index (κ1) is 12.6. The Labute approximate surface area is 113 Å². The van der Waals surface area contributed by atoms with E-state index >= 15 is 0 Å². The predicted molar refractivity (Wildman–Crippen MR) is 75.1 cm³/mol. The molecule has 1 nitrogen and oxygen atoms in total. The van der Waals surface area contributed by atoms with E-state index in [1.807, 2.05) is 6.07 Å². The van der Waals surface area contributed by atoms with Crippen molar-refractivity contribution < 1.29 is 4.39 Å². The first-order valence-corrected chi connectivity index (χ1v) is 7.06. The Morgan fingerprint density at radius 1 is 1.24 bits per heavy atom. The SMILES string of the molecule is CCc1ccc(CNc2ccc(Br)c(F)c2)s1. The Kier molecular flexibility index (Phi) is 4.18. The number of anilines is 1. The maximum atomic E-state index is 13.3. The summed E-state index contributed by atoms with van der Waals surface area (Å²) in [5.41, 5.74) is 0.803. The van der Waals surface area contributed by atoms with Crippen LogP contribution in [0.25, 0.3) is 0 Å². The van der Waals surface area contributed by atoms with E-state index in [2.05, 4.69) is 40.3 Å². The smallest absolute Gasteiger partial charge is 0.139 e. The first-order valence-electron chi connectivity index (χ1n) is 5.45. The van der Waals surface area contributed by atoms with E-state index in [-0.39, 0.29) is 5.82 Å². The van der Waals surface area contributed by atoms with Gasteiger partial charge in [-0.2, -0.15) is 0 Å². The van der Waals surface area contributed by atoms with E-state index in [1.165, 1.54) is 15.8 Å². The molecular weight excluding hydrogens is 301 g/mol. The lowest BCUT2D eigenvalue weighted by Gasteiger charge is -2.05. The van der Waals surface area contributed by atoms with Crippen molar-refractivity contribution in [2.75, 3.05) is 5.32 Å². The van der Waals surface area contributed by atoms with Gasteiger partial charge in [-0.15, -0.1) is 11.3 Å². The highest BCUT2D eigenvalue weighted by molar-refractivity contribution is 9.10. The summed E-state index contributed by atoms with van der Waals surface area (Å²) in [6.07, 6.45) is 1.07. The van der Waals surface area contributed by atoms with Crippen LogP contribution in [0.4, 0.5) is 10.1 Å².